The fourth-order valence-electron chi connectivity index (χ4n) is 1.78. The minimum absolute atomic E-state index is 0.0161. The van der Waals surface area contributed by atoms with Gasteiger partial charge < -0.3 is 10.4 Å². The van der Waals surface area contributed by atoms with Crippen molar-refractivity contribution in [2.75, 3.05) is 6.54 Å². The van der Waals surface area contributed by atoms with Crippen LogP contribution in [0, 0.1) is 10.1 Å². The van der Waals surface area contributed by atoms with Crippen LogP contribution in [-0.2, 0) is 6.54 Å². The standard InChI is InChI=1S/C14H15N3O3/c18-14(10-15-9-12-3-1-2-8-16-12)11-4-6-13(7-5-11)17(19)20/h1-8,14-15,18H,9-10H2. The van der Waals surface area contributed by atoms with Gasteiger partial charge in [0.1, 0.15) is 0 Å². The van der Waals surface area contributed by atoms with Gasteiger partial charge in [0.25, 0.3) is 5.69 Å². The predicted molar refractivity (Wildman–Crippen MR) is 74.0 cm³/mol. The molecule has 2 rings (SSSR count). The molecule has 20 heavy (non-hydrogen) atoms. The van der Waals surface area contributed by atoms with Gasteiger partial charge in [-0.15, -0.1) is 0 Å². The number of nitro groups is 1. The number of nitrogens with one attached hydrogen (secondary N) is 1. The third-order valence-corrected chi connectivity index (χ3v) is 2.86. The molecule has 1 aromatic carbocycles. The van der Waals surface area contributed by atoms with Gasteiger partial charge in [-0.25, -0.2) is 0 Å². The first-order valence-corrected chi connectivity index (χ1v) is 6.20. The summed E-state index contributed by atoms with van der Waals surface area (Å²) in [5, 5.41) is 23.6. The molecule has 6 nitrogen and oxygen atoms in total. The van der Waals surface area contributed by atoms with E-state index in [1.165, 1.54) is 12.1 Å². The van der Waals surface area contributed by atoms with Crippen molar-refractivity contribution in [3.8, 4) is 0 Å². The van der Waals surface area contributed by atoms with Crippen molar-refractivity contribution in [1.29, 1.82) is 0 Å². The lowest BCUT2D eigenvalue weighted by Gasteiger charge is -2.11. The third kappa shape index (κ3) is 3.84. The van der Waals surface area contributed by atoms with E-state index in [0.717, 1.165) is 5.69 Å². The van der Waals surface area contributed by atoms with Crippen LogP contribution in [0.1, 0.15) is 17.4 Å². The molecule has 0 spiro atoms. The van der Waals surface area contributed by atoms with E-state index in [0.29, 0.717) is 18.7 Å². The summed E-state index contributed by atoms with van der Waals surface area (Å²) < 4.78 is 0. The molecular formula is C14H15N3O3. The first-order chi connectivity index (χ1) is 9.66. The van der Waals surface area contributed by atoms with Gasteiger partial charge in [0, 0.05) is 31.4 Å². The van der Waals surface area contributed by atoms with E-state index in [1.54, 1.807) is 18.3 Å². The summed E-state index contributed by atoms with van der Waals surface area (Å²) in [7, 11) is 0. The molecule has 2 N–H and O–H groups in total. The van der Waals surface area contributed by atoms with Crippen molar-refractivity contribution < 1.29 is 10.0 Å². The number of nitro benzene ring substituents is 1. The number of rotatable bonds is 6. The SMILES string of the molecule is O=[N+]([O-])c1ccc(C(O)CNCc2ccccn2)cc1. The van der Waals surface area contributed by atoms with E-state index >= 15 is 0 Å². The van der Waals surface area contributed by atoms with Gasteiger partial charge in [0.05, 0.1) is 16.7 Å². The molecule has 6 heteroatoms. The normalized spacial score (nSPS) is 12.1. The van der Waals surface area contributed by atoms with Crippen LogP contribution in [0.4, 0.5) is 5.69 Å². The molecule has 0 radical (unpaired) electrons. The van der Waals surface area contributed by atoms with E-state index in [1.807, 2.05) is 18.2 Å². The summed E-state index contributed by atoms with van der Waals surface area (Å²) in [4.78, 5) is 14.2. The zero-order valence-corrected chi connectivity index (χ0v) is 10.8. The highest BCUT2D eigenvalue weighted by atomic mass is 16.6. The van der Waals surface area contributed by atoms with E-state index in [-0.39, 0.29) is 5.69 Å². The Hall–Kier alpha value is -2.31. The van der Waals surface area contributed by atoms with Gasteiger partial charge in [0.2, 0.25) is 0 Å². The average Bonchev–Trinajstić information content (AvgIpc) is 2.48. The van der Waals surface area contributed by atoms with E-state index in [9.17, 15) is 15.2 Å². The highest BCUT2D eigenvalue weighted by Crippen LogP contribution is 2.17. The Kier molecular flexibility index (Phi) is 4.75. The van der Waals surface area contributed by atoms with Crippen LogP contribution in [-0.4, -0.2) is 21.6 Å². The molecule has 2 aromatic rings. The lowest BCUT2D eigenvalue weighted by molar-refractivity contribution is -0.384. The van der Waals surface area contributed by atoms with Crippen molar-refractivity contribution in [3.63, 3.8) is 0 Å². The van der Waals surface area contributed by atoms with Crippen molar-refractivity contribution in [2.45, 2.75) is 12.6 Å². The Morgan fingerprint density at radius 1 is 1.25 bits per heavy atom. The second-order valence-corrected chi connectivity index (χ2v) is 4.32. The summed E-state index contributed by atoms with van der Waals surface area (Å²) in [5.41, 5.74) is 1.55. The molecule has 0 aliphatic heterocycles. The predicted octanol–water partition coefficient (Wildman–Crippen LogP) is 1.81. The van der Waals surface area contributed by atoms with Crippen LogP contribution in [0.25, 0.3) is 0 Å². The average molecular weight is 273 g/mol. The maximum Gasteiger partial charge on any atom is 0.269 e. The number of pyridine rings is 1. The summed E-state index contributed by atoms with van der Waals surface area (Å²) in [6.45, 7) is 0.916. The molecule has 0 aliphatic rings. The van der Waals surface area contributed by atoms with Crippen LogP contribution in [0.2, 0.25) is 0 Å². The second kappa shape index (κ2) is 6.74. The number of aliphatic hydroxyl groups is 1. The van der Waals surface area contributed by atoms with Crippen LogP contribution in [0.3, 0.4) is 0 Å². The number of aromatic nitrogens is 1. The van der Waals surface area contributed by atoms with Crippen molar-refractivity contribution in [1.82, 2.24) is 10.3 Å². The first-order valence-electron chi connectivity index (χ1n) is 6.20. The Bertz CT molecular complexity index is 558. The van der Waals surface area contributed by atoms with Crippen LogP contribution < -0.4 is 5.32 Å². The van der Waals surface area contributed by atoms with E-state index in [2.05, 4.69) is 10.3 Å². The Balaban J connectivity index is 1.85. The molecule has 0 saturated carbocycles. The number of aliphatic hydroxyl groups excluding tert-OH is 1. The van der Waals surface area contributed by atoms with Gasteiger partial charge in [-0.3, -0.25) is 15.1 Å². The lowest BCUT2D eigenvalue weighted by Crippen LogP contribution is -2.21. The van der Waals surface area contributed by atoms with Gasteiger partial charge in [0.15, 0.2) is 0 Å². The lowest BCUT2D eigenvalue weighted by atomic mass is 10.1. The Labute approximate surface area is 116 Å². The van der Waals surface area contributed by atoms with Crippen molar-refractivity contribution in [3.05, 3.63) is 70.0 Å². The Morgan fingerprint density at radius 3 is 2.60 bits per heavy atom. The number of non-ortho nitro benzene ring substituents is 1. The number of benzene rings is 1. The first kappa shape index (κ1) is 14.1. The molecule has 0 saturated heterocycles. The van der Waals surface area contributed by atoms with Crippen LogP contribution >= 0.6 is 0 Å². The largest absolute Gasteiger partial charge is 0.387 e. The zero-order valence-electron chi connectivity index (χ0n) is 10.8. The van der Waals surface area contributed by atoms with Gasteiger partial charge >= 0.3 is 0 Å². The molecule has 0 aliphatic carbocycles. The maximum atomic E-state index is 10.5. The van der Waals surface area contributed by atoms with Crippen LogP contribution in [0.15, 0.2) is 48.7 Å². The maximum absolute atomic E-state index is 10.5. The van der Waals surface area contributed by atoms with Gasteiger partial charge in [-0.05, 0) is 29.8 Å². The Morgan fingerprint density at radius 2 is 2.00 bits per heavy atom. The quantitative estimate of drug-likeness (QED) is 0.619. The summed E-state index contributed by atoms with van der Waals surface area (Å²) in [6.07, 6.45) is 1.00. The van der Waals surface area contributed by atoms with Crippen molar-refractivity contribution in [2.24, 2.45) is 0 Å². The second-order valence-electron chi connectivity index (χ2n) is 4.32. The summed E-state index contributed by atoms with van der Waals surface area (Å²) >= 11 is 0. The van der Waals surface area contributed by atoms with E-state index in [4.69, 9.17) is 0 Å². The minimum atomic E-state index is -0.709. The van der Waals surface area contributed by atoms with Crippen molar-refractivity contribution >= 4 is 5.69 Å². The third-order valence-electron chi connectivity index (χ3n) is 2.86. The summed E-state index contributed by atoms with van der Waals surface area (Å²) in [5.74, 6) is 0. The molecular weight excluding hydrogens is 258 g/mol. The highest BCUT2D eigenvalue weighted by molar-refractivity contribution is 5.33. The molecule has 1 atom stereocenters. The molecule has 0 fully saturated rings. The number of nitrogens with zero attached hydrogens (tertiary/aromatic N) is 2. The minimum Gasteiger partial charge on any atom is -0.387 e. The summed E-state index contributed by atoms with van der Waals surface area (Å²) in [6, 6.07) is 11.5. The molecule has 1 unspecified atom stereocenters. The topological polar surface area (TPSA) is 88.3 Å². The smallest absolute Gasteiger partial charge is 0.269 e. The van der Waals surface area contributed by atoms with Crippen LogP contribution in [0.5, 0.6) is 0 Å². The molecule has 1 aromatic heterocycles. The molecule has 1 heterocycles. The van der Waals surface area contributed by atoms with E-state index < -0.39 is 11.0 Å². The monoisotopic (exact) mass is 273 g/mol. The highest BCUT2D eigenvalue weighted by Gasteiger charge is 2.10. The molecule has 0 bridgehead atoms. The zero-order chi connectivity index (χ0) is 14.4. The fourth-order valence-corrected chi connectivity index (χ4v) is 1.78. The molecule has 104 valence electrons. The fraction of sp³-hybridized carbons (Fsp3) is 0.214. The van der Waals surface area contributed by atoms with Gasteiger partial charge in [-0.1, -0.05) is 6.07 Å². The molecule has 0 amide bonds. The number of hydrogen-bond donors (Lipinski definition) is 2. The van der Waals surface area contributed by atoms with Gasteiger partial charge in [-0.2, -0.15) is 0 Å². The number of hydrogen-bond acceptors (Lipinski definition) is 5.